The number of aromatic nitrogens is 3. The van der Waals surface area contributed by atoms with Gasteiger partial charge >= 0.3 is 0 Å². The average molecular weight is 424 g/mol. The number of halogens is 1. The number of likely N-dealkylation sites (N-methyl/N-ethyl adjacent to an activating group) is 1. The third-order valence-electron chi connectivity index (χ3n) is 5.75. The van der Waals surface area contributed by atoms with Crippen LogP contribution in [-0.2, 0) is 11.3 Å². The summed E-state index contributed by atoms with van der Waals surface area (Å²) in [5.74, 6) is -0.970. The summed E-state index contributed by atoms with van der Waals surface area (Å²) < 4.78 is 15.7. The van der Waals surface area contributed by atoms with Crippen molar-refractivity contribution in [3.8, 4) is 0 Å². The van der Waals surface area contributed by atoms with E-state index in [-0.39, 0.29) is 29.8 Å². The molecule has 31 heavy (non-hydrogen) atoms. The zero-order valence-corrected chi connectivity index (χ0v) is 17.6. The molecule has 2 N–H and O–H groups in total. The van der Waals surface area contributed by atoms with Crippen LogP contribution in [0.4, 0.5) is 10.2 Å². The third kappa shape index (κ3) is 3.83. The molecular weight excluding hydrogens is 399 g/mol. The Kier molecular flexibility index (Phi) is 5.58. The largest absolute Gasteiger partial charge is 0.384 e. The van der Waals surface area contributed by atoms with Gasteiger partial charge in [-0.2, -0.15) is 5.10 Å². The van der Waals surface area contributed by atoms with E-state index >= 15 is 0 Å². The van der Waals surface area contributed by atoms with Crippen molar-refractivity contribution in [3.05, 3.63) is 53.6 Å². The summed E-state index contributed by atoms with van der Waals surface area (Å²) in [6.07, 6.45) is 0.960. The van der Waals surface area contributed by atoms with Crippen molar-refractivity contribution in [2.24, 2.45) is 0 Å². The van der Waals surface area contributed by atoms with Crippen molar-refractivity contribution in [2.45, 2.75) is 26.3 Å². The number of hydrogen-bond donors (Lipinski definition) is 1. The lowest BCUT2D eigenvalue weighted by molar-refractivity contribution is -0.131. The number of nitrogens with two attached hydrogens (primary N) is 1. The third-order valence-corrected chi connectivity index (χ3v) is 5.75. The van der Waals surface area contributed by atoms with Crippen LogP contribution in [0.1, 0.15) is 35.8 Å². The van der Waals surface area contributed by atoms with E-state index in [0.29, 0.717) is 26.2 Å². The molecule has 0 bridgehead atoms. The topological polar surface area (TPSA) is 97.4 Å². The molecule has 2 aromatic heterocycles. The molecule has 1 fully saturated rings. The van der Waals surface area contributed by atoms with Gasteiger partial charge in [0.15, 0.2) is 5.82 Å². The van der Waals surface area contributed by atoms with E-state index in [9.17, 15) is 14.0 Å². The van der Waals surface area contributed by atoms with Gasteiger partial charge in [-0.3, -0.25) is 14.3 Å². The molecule has 0 saturated carbocycles. The average Bonchev–Trinajstić information content (AvgIpc) is 3.08. The van der Waals surface area contributed by atoms with Gasteiger partial charge in [0.1, 0.15) is 12.4 Å². The molecular formula is C22H25FN6O2. The van der Waals surface area contributed by atoms with Gasteiger partial charge in [-0.05, 0) is 26.0 Å². The highest BCUT2D eigenvalue weighted by atomic mass is 19.1. The first kappa shape index (κ1) is 20.8. The Morgan fingerprint density at radius 1 is 1.23 bits per heavy atom. The molecule has 1 saturated heterocycles. The van der Waals surface area contributed by atoms with Gasteiger partial charge in [0, 0.05) is 37.5 Å². The smallest absolute Gasteiger partial charge is 0.257 e. The first-order valence-electron chi connectivity index (χ1n) is 10.4. The highest BCUT2D eigenvalue weighted by Gasteiger charge is 2.36. The molecule has 8 nitrogen and oxygen atoms in total. The van der Waals surface area contributed by atoms with Crippen LogP contribution in [0.3, 0.4) is 0 Å². The van der Waals surface area contributed by atoms with Crippen LogP contribution in [0, 0.1) is 5.82 Å². The summed E-state index contributed by atoms with van der Waals surface area (Å²) in [7, 11) is 0. The molecule has 0 spiro atoms. The van der Waals surface area contributed by atoms with Crippen LogP contribution in [0.5, 0.6) is 0 Å². The number of nitrogens with zero attached hydrogens (tertiary/aromatic N) is 5. The highest BCUT2D eigenvalue weighted by molar-refractivity contribution is 5.96. The molecule has 3 aromatic rings. The highest BCUT2D eigenvalue weighted by Crippen LogP contribution is 2.33. The van der Waals surface area contributed by atoms with Gasteiger partial charge in [0.05, 0.1) is 23.0 Å². The molecule has 0 unspecified atom stereocenters. The number of fused-ring (bicyclic) bond motifs is 1. The van der Waals surface area contributed by atoms with Crippen LogP contribution < -0.4 is 5.73 Å². The summed E-state index contributed by atoms with van der Waals surface area (Å²) >= 11 is 0. The number of nitrogen functional groups attached to an aromatic ring is 1. The SMILES string of the molecule is CCN(CC)C(=O)Cn1nc(C2CN(C(=O)c3cc(N)ncc3F)C2)c2ccccc21. The minimum Gasteiger partial charge on any atom is -0.384 e. The molecule has 3 heterocycles. The molecule has 0 radical (unpaired) electrons. The van der Waals surface area contributed by atoms with Crippen LogP contribution in [-0.4, -0.2) is 62.6 Å². The number of likely N-dealkylation sites (tertiary alicyclic amines) is 1. The minimum atomic E-state index is -0.688. The Labute approximate surface area is 179 Å². The maximum absolute atomic E-state index is 14.0. The van der Waals surface area contributed by atoms with Crippen molar-refractivity contribution < 1.29 is 14.0 Å². The lowest BCUT2D eigenvalue weighted by atomic mass is 9.93. The Bertz CT molecular complexity index is 1130. The van der Waals surface area contributed by atoms with Gasteiger partial charge in [0.25, 0.3) is 5.91 Å². The summed E-state index contributed by atoms with van der Waals surface area (Å²) in [5.41, 5.74) is 7.25. The van der Waals surface area contributed by atoms with Crippen LogP contribution >= 0.6 is 0 Å². The number of pyridine rings is 1. The Morgan fingerprint density at radius 3 is 2.65 bits per heavy atom. The molecule has 1 aromatic carbocycles. The van der Waals surface area contributed by atoms with Crippen molar-refractivity contribution >= 4 is 28.5 Å². The predicted molar refractivity (Wildman–Crippen MR) is 115 cm³/mol. The van der Waals surface area contributed by atoms with Crippen molar-refractivity contribution in [1.82, 2.24) is 24.6 Å². The van der Waals surface area contributed by atoms with Crippen LogP contribution in [0.25, 0.3) is 10.9 Å². The molecule has 4 rings (SSSR count). The molecule has 1 aliphatic heterocycles. The maximum atomic E-state index is 14.0. The molecule has 0 atom stereocenters. The van der Waals surface area contributed by atoms with E-state index in [1.807, 2.05) is 38.1 Å². The van der Waals surface area contributed by atoms with Crippen LogP contribution in [0.15, 0.2) is 36.5 Å². The van der Waals surface area contributed by atoms with Gasteiger partial charge in [-0.1, -0.05) is 18.2 Å². The van der Waals surface area contributed by atoms with E-state index < -0.39 is 11.7 Å². The van der Waals surface area contributed by atoms with E-state index in [4.69, 9.17) is 10.8 Å². The lowest BCUT2D eigenvalue weighted by Gasteiger charge is -2.38. The van der Waals surface area contributed by atoms with Gasteiger partial charge in [0.2, 0.25) is 5.91 Å². The normalized spacial score (nSPS) is 14.0. The number of anilines is 1. The van der Waals surface area contributed by atoms with E-state index in [1.165, 1.54) is 6.07 Å². The second-order valence-electron chi connectivity index (χ2n) is 7.62. The van der Waals surface area contributed by atoms with Gasteiger partial charge in [-0.25, -0.2) is 9.37 Å². The molecule has 2 amide bonds. The zero-order chi connectivity index (χ0) is 22.1. The fourth-order valence-corrected chi connectivity index (χ4v) is 3.99. The first-order valence-corrected chi connectivity index (χ1v) is 10.4. The number of carbonyl (C=O) groups is 2. The fraction of sp³-hybridized carbons (Fsp3) is 0.364. The minimum absolute atomic E-state index is 0.0147. The number of hydrogen-bond acceptors (Lipinski definition) is 5. The monoisotopic (exact) mass is 424 g/mol. The zero-order valence-electron chi connectivity index (χ0n) is 17.6. The first-order chi connectivity index (χ1) is 14.9. The summed E-state index contributed by atoms with van der Waals surface area (Å²) in [4.78, 5) is 32.3. The number of benzene rings is 1. The van der Waals surface area contributed by atoms with Crippen molar-refractivity contribution in [3.63, 3.8) is 0 Å². The number of para-hydroxylation sites is 1. The quantitative estimate of drug-likeness (QED) is 0.655. The predicted octanol–water partition coefficient (Wildman–Crippen LogP) is 2.26. The summed E-state index contributed by atoms with van der Waals surface area (Å²) in [6, 6.07) is 9.02. The summed E-state index contributed by atoms with van der Waals surface area (Å²) in [5, 5.41) is 5.69. The van der Waals surface area contributed by atoms with E-state index in [1.54, 1.807) is 14.5 Å². The molecule has 9 heteroatoms. The molecule has 162 valence electrons. The Morgan fingerprint density at radius 2 is 1.94 bits per heavy atom. The van der Waals surface area contributed by atoms with E-state index in [2.05, 4.69) is 4.98 Å². The van der Waals surface area contributed by atoms with Crippen LogP contribution in [0.2, 0.25) is 0 Å². The number of rotatable bonds is 6. The maximum Gasteiger partial charge on any atom is 0.257 e. The molecule has 0 aliphatic carbocycles. The number of amides is 2. The molecule has 1 aliphatic rings. The lowest BCUT2D eigenvalue weighted by Crippen LogP contribution is -2.49. The van der Waals surface area contributed by atoms with Gasteiger partial charge < -0.3 is 15.5 Å². The van der Waals surface area contributed by atoms with Crippen molar-refractivity contribution in [1.29, 1.82) is 0 Å². The standard InChI is InChI=1S/C22H25FN6O2/c1-3-27(4-2)20(30)13-29-18-8-6-5-7-15(18)21(26-29)14-11-28(12-14)22(31)16-9-19(24)25-10-17(16)23/h5-10,14H,3-4,11-13H2,1-2H3,(H2,24,25). The second-order valence-corrected chi connectivity index (χ2v) is 7.62. The Balaban J connectivity index is 1.54. The fourth-order valence-electron chi connectivity index (χ4n) is 3.99. The second kappa shape index (κ2) is 8.33. The number of carbonyl (C=O) groups excluding carboxylic acids is 2. The Hall–Kier alpha value is -3.49. The van der Waals surface area contributed by atoms with Gasteiger partial charge in [-0.15, -0.1) is 0 Å². The van der Waals surface area contributed by atoms with Crippen molar-refractivity contribution in [2.75, 3.05) is 31.9 Å². The van der Waals surface area contributed by atoms with E-state index in [0.717, 1.165) is 22.8 Å². The summed E-state index contributed by atoms with van der Waals surface area (Å²) in [6.45, 7) is 6.21.